The molecule has 1 fully saturated rings. The van der Waals surface area contributed by atoms with E-state index in [1.54, 1.807) is 5.57 Å². The molecule has 1 N–H and O–H groups in total. The van der Waals surface area contributed by atoms with Crippen molar-refractivity contribution in [2.45, 2.75) is 78.1 Å². The molecule has 0 aromatic heterocycles. The van der Waals surface area contributed by atoms with Crippen molar-refractivity contribution in [1.82, 2.24) is 5.32 Å². The smallest absolute Gasteiger partial charge is 0.00471 e. The molecule has 1 nitrogen and oxygen atoms in total. The highest BCUT2D eigenvalue weighted by atomic mass is 14.8. The molecule has 110 valence electrons. The summed E-state index contributed by atoms with van der Waals surface area (Å²) < 4.78 is 0. The highest BCUT2D eigenvalue weighted by molar-refractivity contribution is 5.24. The Morgan fingerprint density at radius 2 is 1.79 bits per heavy atom. The van der Waals surface area contributed by atoms with Gasteiger partial charge in [0.25, 0.3) is 0 Å². The van der Waals surface area contributed by atoms with Crippen LogP contribution in [0.4, 0.5) is 0 Å². The average molecular weight is 263 g/mol. The maximum atomic E-state index is 3.49. The van der Waals surface area contributed by atoms with E-state index in [4.69, 9.17) is 0 Å². The largest absolute Gasteiger partial charge is 0.319 e. The highest BCUT2D eigenvalue weighted by Gasteiger charge is 2.54. The lowest BCUT2D eigenvalue weighted by Gasteiger charge is -2.59. The van der Waals surface area contributed by atoms with Crippen LogP contribution in [0.2, 0.25) is 0 Å². The van der Waals surface area contributed by atoms with E-state index in [2.05, 4.69) is 32.3 Å². The van der Waals surface area contributed by atoms with Crippen LogP contribution in [0.5, 0.6) is 0 Å². The maximum absolute atomic E-state index is 3.49. The minimum Gasteiger partial charge on any atom is -0.319 e. The number of hydrogen-bond acceptors (Lipinski definition) is 1. The van der Waals surface area contributed by atoms with Gasteiger partial charge in [-0.05, 0) is 63.8 Å². The molecule has 0 bridgehead atoms. The predicted molar refractivity (Wildman–Crippen MR) is 84.4 cm³/mol. The van der Waals surface area contributed by atoms with Gasteiger partial charge in [-0.3, -0.25) is 0 Å². The first-order valence-electron chi connectivity index (χ1n) is 8.54. The van der Waals surface area contributed by atoms with Gasteiger partial charge in [-0.15, -0.1) is 0 Å². The van der Waals surface area contributed by atoms with Crippen molar-refractivity contribution in [1.29, 1.82) is 0 Å². The van der Waals surface area contributed by atoms with Crippen LogP contribution in [0.3, 0.4) is 0 Å². The van der Waals surface area contributed by atoms with Crippen LogP contribution in [-0.2, 0) is 0 Å². The van der Waals surface area contributed by atoms with Crippen molar-refractivity contribution in [2.75, 3.05) is 13.6 Å². The Balaban J connectivity index is 2.09. The Morgan fingerprint density at radius 3 is 2.26 bits per heavy atom. The molecule has 0 unspecified atom stereocenters. The van der Waals surface area contributed by atoms with Gasteiger partial charge in [-0.2, -0.15) is 0 Å². The third-order valence-corrected chi connectivity index (χ3v) is 5.47. The Morgan fingerprint density at radius 1 is 1.11 bits per heavy atom. The Labute approximate surface area is 120 Å². The normalized spacial score (nSPS) is 24.7. The van der Waals surface area contributed by atoms with E-state index in [0.717, 1.165) is 0 Å². The van der Waals surface area contributed by atoms with Gasteiger partial charge in [0, 0.05) is 12.0 Å². The van der Waals surface area contributed by atoms with Crippen molar-refractivity contribution in [3.05, 3.63) is 11.6 Å². The zero-order valence-electron chi connectivity index (χ0n) is 13.4. The zero-order valence-corrected chi connectivity index (χ0v) is 13.4. The monoisotopic (exact) mass is 263 g/mol. The lowest BCUT2D eigenvalue weighted by Crippen LogP contribution is -2.52. The summed E-state index contributed by atoms with van der Waals surface area (Å²) in [6, 6.07) is 0. The summed E-state index contributed by atoms with van der Waals surface area (Å²) in [5.74, 6) is 0. The van der Waals surface area contributed by atoms with Gasteiger partial charge in [-0.1, -0.05) is 38.3 Å². The molecule has 0 aliphatic heterocycles. The molecule has 1 heteroatoms. The van der Waals surface area contributed by atoms with Crippen LogP contribution < -0.4 is 5.32 Å². The Bertz CT molecular complexity index is 302. The van der Waals surface area contributed by atoms with Crippen molar-refractivity contribution in [3.8, 4) is 0 Å². The van der Waals surface area contributed by atoms with Crippen LogP contribution >= 0.6 is 0 Å². The summed E-state index contributed by atoms with van der Waals surface area (Å²) in [6.45, 7) is 5.92. The van der Waals surface area contributed by atoms with Crippen molar-refractivity contribution in [2.24, 2.45) is 10.8 Å². The lowest BCUT2D eigenvalue weighted by molar-refractivity contribution is -0.0295. The summed E-state index contributed by atoms with van der Waals surface area (Å²) in [7, 11) is 2.13. The summed E-state index contributed by atoms with van der Waals surface area (Å²) in [5.41, 5.74) is 3.01. The molecule has 0 atom stereocenters. The van der Waals surface area contributed by atoms with E-state index >= 15 is 0 Å². The van der Waals surface area contributed by atoms with Crippen molar-refractivity contribution < 1.29 is 0 Å². The topological polar surface area (TPSA) is 12.0 Å². The molecule has 2 aliphatic rings. The lowest BCUT2D eigenvalue weighted by atomic mass is 9.47. The fraction of sp³-hybridized carbons (Fsp3) is 0.889. The molecular formula is C18H33N. The molecule has 1 saturated carbocycles. The molecule has 0 aromatic carbocycles. The minimum absolute atomic E-state index is 0.527. The van der Waals surface area contributed by atoms with E-state index < -0.39 is 0 Å². The molecular weight excluding hydrogens is 230 g/mol. The SMILES string of the molecule is CCCC1(CCC)CC(CNC)(C2=CCCCC2)C1. The van der Waals surface area contributed by atoms with Gasteiger partial charge in [0.2, 0.25) is 0 Å². The summed E-state index contributed by atoms with van der Waals surface area (Å²) in [6.07, 6.45) is 16.6. The van der Waals surface area contributed by atoms with Gasteiger partial charge >= 0.3 is 0 Å². The second-order valence-electron chi connectivity index (χ2n) is 7.14. The van der Waals surface area contributed by atoms with Crippen molar-refractivity contribution in [3.63, 3.8) is 0 Å². The fourth-order valence-corrected chi connectivity index (χ4v) is 5.05. The summed E-state index contributed by atoms with van der Waals surface area (Å²) >= 11 is 0. The Kier molecular flexibility index (Phi) is 5.11. The van der Waals surface area contributed by atoms with Crippen LogP contribution in [0.25, 0.3) is 0 Å². The van der Waals surface area contributed by atoms with Gasteiger partial charge in [-0.25, -0.2) is 0 Å². The van der Waals surface area contributed by atoms with E-state index in [9.17, 15) is 0 Å². The second kappa shape index (κ2) is 6.43. The van der Waals surface area contributed by atoms with Gasteiger partial charge in [0.1, 0.15) is 0 Å². The molecule has 2 aliphatic carbocycles. The first kappa shape index (κ1) is 15.1. The van der Waals surface area contributed by atoms with E-state index in [1.807, 2.05) is 0 Å². The van der Waals surface area contributed by atoms with Gasteiger partial charge in [0.15, 0.2) is 0 Å². The van der Waals surface area contributed by atoms with E-state index in [-0.39, 0.29) is 0 Å². The molecule has 0 aromatic rings. The first-order chi connectivity index (χ1) is 9.20. The number of nitrogens with one attached hydrogen (secondary N) is 1. The predicted octanol–water partition coefficient (Wildman–Crippen LogP) is 5.07. The standard InChI is InChI=1S/C18H33N/c1-4-11-17(12-5-2)13-18(14-17,15-19-3)16-9-7-6-8-10-16/h9,19H,4-8,10-15H2,1-3H3. The van der Waals surface area contributed by atoms with Gasteiger partial charge < -0.3 is 5.32 Å². The molecule has 2 rings (SSSR count). The zero-order chi connectivity index (χ0) is 13.8. The summed E-state index contributed by atoms with van der Waals surface area (Å²) in [5, 5.41) is 3.49. The quantitative estimate of drug-likeness (QED) is 0.632. The van der Waals surface area contributed by atoms with E-state index in [1.165, 1.54) is 70.8 Å². The van der Waals surface area contributed by atoms with Gasteiger partial charge in [0.05, 0.1) is 0 Å². The molecule has 0 amide bonds. The molecule has 0 heterocycles. The van der Waals surface area contributed by atoms with Crippen LogP contribution in [-0.4, -0.2) is 13.6 Å². The number of rotatable bonds is 7. The highest BCUT2D eigenvalue weighted by Crippen LogP contribution is 2.63. The average Bonchev–Trinajstić information content (AvgIpc) is 2.38. The number of hydrogen-bond donors (Lipinski definition) is 1. The molecule has 0 radical (unpaired) electrons. The fourth-order valence-electron chi connectivity index (χ4n) is 5.05. The number of allylic oxidation sites excluding steroid dienone is 1. The molecule has 0 spiro atoms. The maximum Gasteiger partial charge on any atom is 0.00471 e. The molecule has 19 heavy (non-hydrogen) atoms. The molecule has 0 saturated heterocycles. The minimum atomic E-state index is 0.527. The second-order valence-corrected chi connectivity index (χ2v) is 7.14. The van der Waals surface area contributed by atoms with Crippen LogP contribution in [0.15, 0.2) is 11.6 Å². The third kappa shape index (κ3) is 3.07. The first-order valence-corrected chi connectivity index (χ1v) is 8.54. The van der Waals surface area contributed by atoms with Crippen LogP contribution in [0, 0.1) is 10.8 Å². The Hall–Kier alpha value is -0.300. The summed E-state index contributed by atoms with van der Waals surface area (Å²) in [4.78, 5) is 0. The van der Waals surface area contributed by atoms with Crippen LogP contribution in [0.1, 0.15) is 78.1 Å². The van der Waals surface area contributed by atoms with Crippen molar-refractivity contribution >= 4 is 0 Å². The van der Waals surface area contributed by atoms with E-state index in [0.29, 0.717) is 10.8 Å². The third-order valence-electron chi connectivity index (χ3n) is 5.47.